The molecule has 0 aliphatic carbocycles. The first-order valence-corrected chi connectivity index (χ1v) is 9.10. The zero-order valence-electron chi connectivity index (χ0n) is 14.3. The summed E-state index contributed by atoms with van der Waals surface area (Å²) in [5.74, 6) is 0.641. The molecule has 130 valence electrons. The number of aryl methyl sites for hydroxylation is 1. The number of benzene rings is 2. The molecular formula is C20H16ClN3OS. The largest absolute Gasteiger partial charge is 0.495 e. The number of nitrogens with zero attached hydrogens (tertiary/aromatic N) is 2. The van der Waals surface area contributed by atoms with Gasteiger partial charge in [-0.05, 0) is 25.1 Å². The average molecular weight is 382 g/mol. The molecule has 0 spiro atoms. The summed E-state index contributed by atoms with van der Waals surface area (Å²) in [4.78, 5) is 4.58. The fourth-order valence-corrected chi connectivity index (χ4v) is 3.31. The van der Waals surface area contributed by atoms with Crippen LogP contribution in [0.3, 0.4) is 0 Å². The predicted octanol–water partition coefficient (Wildman–Crippen LogP) is 5.76. The average Bonchev–Trinajstić information content (AvgIpc) is 3.13. The normalized spacial score (nSPS) is 11.1. The van der Waals surface area contributed by atoms with Crippen molar-refractivity contribution in [3.63, 3.8) is 0 Å². The molecule has 1 aromatic heterocycles. The van der Waals surface area contributed by atoms with Gasteiger partial charge in [-0.15, -0.1) is 11.3 Å². The molecule has 6 heteroatoms. The smallest absolute Gasteiger partial charge is 0.142 e. The number of rotatable bonds is 5. The van der Waals surface area contributed by atoms with E-state index in [1.807, 2.05) is 36.6 Å². The van der Waals surface area contributed by atoms with Gasteiger partial charge in [0, 0.05) is 22.2 Å². The van der Waals surface area contributed by atoms with Crippen LogP contribution in [0.15, 0.2) is 54.0 Å². The fourth-order valence-electron chi connectivity index (χ4n) is 2.34. The van der Waals surface area contributed by atoms with E-state index in [9.17, 15) is 5.26 Å². The maximum Gasteiger partial charge on any atom is 0.142 e. The van der Waals surface area contributed by atoms with Crippen LogP contribution in [-0.2, 0) is 0 Å². The van der Waals surface area contributed by atoms with Crippen LogP contribution >= 0.6 is 22.9 Å². The molecule has 0 fully saturated rings. The number of ether oxygens (including phenoxy) is 1. The van der Waals surface area contributed by atoms with Crippen molar-refractivity contribution in [1.82, 2.24) is 4.98 Å². The Hall–Kier alpha value is -2.81. The van der Waals surface area contributed by atoms with Crippen molar-refractivity contribution in [2.75, 3.05) is 12.4 Å². The van der Waals surface area contributed by atoms with Crippen molar-refractivity contribution in [3.8, 4) is 23.1 Å². The fraction of sp³-hybridized carbons (Fsp3) is 0.100. The van der Waals surface area contributed by atoms with E-state index in [1.54, 1.807) is 31.5 Å². The minimum absolute atomic E-state index is 0.440. The van der Waals surface area contributed by atoms with Gasteiger partial charge >= 0.3 is 0 Å². The number of thiazole rings is 1. The van der Waals surface area contributed by atoms with Crippen LogP contribution in [0.1, 0.15) is 10.6 Å². The summed E-state index contributed by atoms with van der Waals surface area (Å²) in [5.41, 5.74) is 4.20. The van der Waals surface area contributed by atoms with E-state index in [4.69, 9.17) is 16.3 Å². The first kappa shape index (κ1) is 18.0. The van der Waals surface area contributed by atoms with Crippen LogP contribution in [0.25, 0.3) is 16.8 Å². The molecule has 0 amide bonds. The van der Waals surface area contributed by atoms with Crippen molar-refractivity contribution in [2.24, 2.45) is 0 Å². The number of methoxy groups -OCH3 is 1. The third kappa shape index (κ3) is 4.05. The summed E-state index contributed by atoms with van der Waals surface area (Å²) < 4.78 is 5.30. The molecular weight excluding hydrogens is 366 g/mol. The Morgan fingerprint density at radius 2 is 2.04 bits per heavy atom. The number of anilines is 1. The molecule has 4 nitrogen and oxygen atoms in total. The highest BCUT2D eigenvalue weighted by molar-refractivity contribution is 7.11. The monoisotopic (exact) mass is 381 g/mol. The zero-order chi connectivity index (χ0) is 18.5. The number of hydrogen-bond donors (Lipinski definition) is 1. The van der Waals surface area contributed by atoms with Gasteiger partial charge in [-0.3, -0.25) is 0 Å². The van der Waals surface area contributed by atoms with Crippen LogP contribution in [0.5, 0.6) is 5.75 Å². The van der Waals surface area contributed by atoms with E-state index in [0.29, 0.717) is 27.0 Å². The predicted molar refractivity (Wildman–Crippen MR) is 108 cm³/mol. The molecule has 0 aliphatic rings. The zero-order valence-corrected chi connectivity index (χ0v) is 15.9. The maximum absolute atomic E-state index is 9.51. The van der Waals surface area contributed by atoms with E-state index in [1.165, 1.54) is 16.9 Å². The van der Waals surface area contributed by atoms with Crippen molar-refractivity contribution in [1.29, 1.82) is 5.26 Å². The van der Waals surface area contributed by atoms with Crippen LogP contribution < -0.4 is 10.1 Å². The number of nitriles is 1. The minimum atomic E-state index is 0.440. The van der Waals surface area contributed by atoms with Gasteiger partial charge in [0.1, 0.15) is 22.4 Å². The Morgan fingerprint density at radius 3 is 2.73 bits per heavy atom. The molecule has 0 unspecified atom stereocenters. The van der Waals surface area contributed by atoms with E-state index < -0.39 is 0 Å². The second kappa shape index (κ2) is 8.05. The molecule has 26 heavy (non-hydrogen) atoms. The second-order valence-electron chi connectivity index (χ2n) is 5.56. The van der Waals surface area contributed by atoms with Gasteiger partial charge in [0.15, 0.2) is 0 Å². The lowest BCUT2D eigenvalue weighted by Gasteiger charge is -2.08. The summed E-state index contributed by atoms with van der Waals surface area (Å²) in [6, 6.07) is 15.6. The Morgan fingerprint density at radius 1 is 1.27 bits per heavy atom. The molecule has 0 bridgehead atoms. The highest BCUT2D eigenvalue weighted by Gasteiger charge is 2.10. The summed E-state index contributed by atoms with van der Waals surface area (Å²) >= 11 is 7.46. The van der Waals surface area contributed by atoms with Crippen molar-refractivity contribution in [3.05, 3.63) is 69.6 Å². The van der Waals surface area contributed by atoms with Gasteiger partial charge in [-0.1, -0.05) is 41.4 Å². The molecule has 1 heterocycles. The van der Waals surface area contributed by atoms with Crippen molar-refractivity contribution < 1.29 is 4.74 Å². The maximum atomic E-state index is 9.51. The van der Waals surface area contributed by atoms with Gasteiger partial charge < -0.3 is 10.1 Å². The molecule has 0 aliphatic heterocycles. The third-order valence-corrected chi connectivity index (χ3v) is 4.85. The summed E-state index contributed by atoms with van der Waals surface area (Å²) in [7, 11) is 1.58. The molecule has 3 aromatic rings. The SMILES string of the molecule is COc1ccc(Cl)cc1N/C=C(\C#N)c1nc(-c2ccc(C)cc2)cs1. The molecule has 0 atom stereocenters. The first-order valence-electron chi connectivity index (χ1n) is 7.84. The Kier molecular flexibility index (Phi) is 5.57. The van der Waals surface area contributed by atoms with Gasteiger partial charge in [-0.2, -0.15) is 5.26 Å². The Labute approximate surface area is 161 Å². The topological polar surface area (TPSA) is 57.9 Å². The van der Waals surface area contributed by atoms with Gasteiger partial charge in [0.25, 0.3) is 0 Å². The molecule has 0 radical (unpaired) electrons. The third-order valence-electron chi connectivity index (χ3n) is 3.74. The van der Waals surface area contributed by atoms with E-state index in [0.717, 1.165) is 11.3 Å². The Balaban J connectivity index is 1.86. The first-order chi connectivity index (χ1) is 12.6. The van der Waals surface area contributed by atoms with E-state index in [2.05, 4.69) is 16.4 Å². The van der Waals surface area contributed by atoms with E-state index >= 15 is 0 Å². The van der Waals surface area contributed by atoms with Crippen LogP contribution in [0.4, 0.5) is 5.69 Å². The van der Waals surface area contributed by atoms with Crippen LogP contribution in [-0.4, -0.2) is 12.1 Å². The van der Waals surface area contributed by atoms with Crippen LogP contribution in [0, 0.1) is 18.3 Å². The Bertz CT molecular complexity index is 987. The lowest BCUT2D eigenvalue weighted by molar-refractivity contribution is 0.417. The standard InChI is InChI=1S/C20H16ClN3OS/c1-13-3-5-14(6-4-13)18-12-26-20(24-18)15(10-22)11-23-17-9-16(21)7-8-19(17)25-2/h3-9,11-12,23H,1-2H3/b15-11+. The lowest BCUT2D eigenvalue weighted by atomic mass is 10.1. The highest BCUT2D eigenvalue weighted by atomic mass is 35.5. The second-order valence-corrected chi connectivity index (χ2v) is 6.86. The number of hydrogen-bond acceptors (Lipinski definition) is 5. The molecule has 0 saturated carbocycles. The summed E-state index contributed by atoms with van der Waals surface area (Å²) in [6.45, 7) is 2.04. The summed E-state index contributed by atoms with van der Waals surface area (Å²) in [6.07, 6.45) is 1.62. The molecule has 0 saturated heterocycles. The van der Waals surface area contributed by atoms with Gasteiger partial charge in [0.05, 0.1) is 18.5 Å². The van der Waals surface area contributed by atoms with Crippen molar-refractivity contribution >= 4 is 34.2 Å². The van der Waals surface area contributed by atoms with Gasteiger partial charge in [0.2, 0.25) is 0 Å². The molecule has 3 rings (SSSR count). The molecule has 1 N–H and O–H groups in total. The van der Waals surface area contributed by atoms with Crippen molar-refractivity contribution in [2.45, 2.75) is 6.92 Å². The van der Waals surface area contributed by atoms with Gasteiger partial charge in [-0.25, -0.2) is 4.98 Å². The minimum Gasteiger partial charge on any atom is -0.495 e. The molecule has 2 aromatic carbocycles. The summed E-state index contributed by atoms with van der Waals surface area (Å²) in [5, 5.41) is 15.8. The van der Waals surface area contributed by atoms with Crippen LogP contribution in [0.2, 0.25) is 5.02 Å². The lowest BCUT2D eigenvalue weighted by Crippen LogP contribution is -1.95. The number of nitrogens with one attached hydrogen (secondary N) is 1. The quantitative estimate of drug-likeness (QED) is 0.571. The number of aromatic nitrogens is 1. The van der Waals surface area contributed by atoms with E-state index in [-0.39, 0.29) is 0 Å². The number of allylic oxidation sites excluding steroid dienone is 1. The highest BCUT2D eigenvalue weighted by Crippen LogP contribution is 2.29. The number of halogens is 1.